The Kier molecular flexibility index (Phi) is 4.87. The van der Waals surface area contributed by atoms with Crippen LogP contribution in [0.1, 0.15) is 43.5 Å². The van der Waals surface area contributed by atoms with Gasteiger partial charge in [-0.1, -0.05) is 37.5 Å². The molecule has 0 atom stereocenters. The first kappa shape index (κ1) is 18.9. The summed E-state index contributed by atoms with van der Waals surface area (Å²) in [6.07, 6.45) is 4.52. The topological polar surface area (TPSA) is 119 Å². The van der Waals surface area contributed by atoms with Crippen molar-refractivity contribution in [1.82, 2.24) is 20.2 Å². The number of phenolic OH excluding ortho intramolecular Hbond substituents is 1. The van der Waals surface area contributed by atoms with Crippen LogP contribution in [0.3, 0.4) is 0 Å². The molecule has 150 valence electrons. The first-order valence-electron chi connectivity index (χ1n) is 9.61. The molecule has 3 aromatic rings. The normalized spacial score (nSPS) is 15.8. The molecule has 0 bridgehead atoms. The Morgan fingerprint density at radius 3 is 2.66 bits per heavy atom. The Labute approximate surface area is 167 Å². The average molecular weight is 394 g/mol. The Hall–Kier alpha value is -3.49. The monoisotopic (exact) mass is 394 g/mol. The molecular weight excluding hydrogens is 372 g/mol. The zero-order valence-corrected chi connectivity index (χ0v) is 16.1. The van der Waals surface area contributed by atoms with Crippen LogP contribution in [0.4, 0.5) is 11.4 Å². The summed E-state index contributed by atoms with van der Waals surface area (Å²) >= 11 is 0. The maximum Gasteiger partial charge on any atom is 0.271 e. The molecule has 4 rings (SSSR count). The molecule has 1 aliphatic carbocycles. The van der Waals surface area contributed by atoms with Gasteiger partial charge in [0, 0.05) is 12.1 Å². The van der Waals surface area contributed by atoms with Crippen molar-refractivity contribution in [3.05, 3.63) is 64.0 Å². The first-order valence-corrected chi connectivity index (χ1v) is 9.61. The quantitative estimate of drug-likeness (QED) is 0.383. The fraction of sp³-hybridized carbons (Fsp3) is 0.350. The summed E-state index contributed by atoms with van der Waals surface area (Å²) in [4.78, 5) is 10.7. The average Bonchev–Trinajstić information content (AvgIpc) is 3.21. The second kappa shape index (κ2) is 7.50. The number of aryl methyl sites for hydroxylation is 1. The summed E-state index contributed by atoms with van der Waals surface area (Å²) in [5.74, 6) is 0.591. The SMILES string of the molecule is Cc1ccccc1-n1nnnc1C1(Nc2cc([N+](=O)[O-])ccc2O)CCCCC1. The van der Waals surface area contributed by atoms with Crippen molar-refractivity contribution in [3.63, 3.8) is 0 Å². The minimum atomic E-state index is -0.642. The van der Waals surface area contributed by atoms with Gasteiger partial charge in [-0.05, 0) is 47.9 Å². The molecule has 0 radical (unpaired) electrons. The van der Waals surface area contributed by atoms with E-state index >= 15 is 0 Å². The van der Waals surface area contributed by atoms with Gasteiger partial charge in [0.2, 0.25) is 0 Å². The number of hydrogen-bond acceptors (Lipinski definition) is 7. The number of tetrazole rings is 1. The lowest BCUT2D eigenvalue weighted by molar-refractivity contribution is -0.384. The van der Waals surface area contributed by atoms with Crippen LogP contribution in [0.5, 0.6) is 5.75 Å². The number of nitro benzene ring substituents is 1. The number of non-ortho nitro benzene ring substituents is 1. The molecule has 9 nitrogen and oxygen atoms in total. The molecule has 0 amide bonds. The van der Waals surface area contributed by atoms with Crippen LogP contribution in [-0.4, -0.2) is 30.2 Å². The Morgan fingerprint density at radius 2 is 1.93 bits per heavy atom. The number of anilines is 1. The maximum atomic E-state index is 11.2. The lowest BCUT2D eigenvalue weighted by atomic mass is 9.80. The van der Waals surface area contributed by atoms with Crippen molar-refractivity contribution >= 4 is 11.4 Å². The highest BCUT2D eigenvalue weighted by molar-refractivity contribution is 5.62. The summed E-state index contributed by atoms with van der Waals surface area (Å²) in [5, 5.41) is 37.4. The fourth-order valence-corrected chi connectivity index (χ4v) is 4.00. The van der Waals surface area contributed by atoms with E-state index in [9.17, 15) is 15.2 Å². The lowest BCUT2D eigenvalue weighted by Crippen LogP contribution is -2.40. The van der Waals surface area contributed by atoms with Crippen molar-refractivity contribution in [2.45, 2.75) is 44.6 Å². The smallest absolute Gasteiger partial charge is 0.271 e. The van der Waals surface area contributed by atoms with Crippen LogP contribution < -0.4 is 5.32 Å². The first-order chi connectivity index (χ1) is 14.0. The maximum absolute atomic E-state index is 11.2. The third-order valence-electron chi connectivity index (χ3n) is 5.51. The third-order valence-corrected chi connectivity index (χ3v) is 5.51. The van der Waals surface area contributed by atoms with Crippen molar-refractivity contribution in [3.8, 4) is 11.4 Å². The number of hydrogen-bond donors (Lipinski definition) is 2. The second-order valence-electron chi connectivity index (χ2n) is 7.43. The second-order valence-corrected chi connectivity index (χ2v) is 7.43. The predicted molar refractivity (Wildman–Crippen MR) is 107 cm³/mol. The minimum Gasteiger partial charge on any atom is -0.506 e. The number of aromatic hydroxyl groups is 1. The Balaban J connectivity index is 1.81. The van der Waals surface area contributed by atoms with Crippen LogP contribution in [0.25, 0.3) is 5.69 Å². The van der Waals surface area contributed by atoms with Crippen molar-refractivity contribution in [2.75, 3.05) is 5.32 Å². The summed E-state index contributed by atoms with van der Waals surface area (Å²) in [6, 6.07) is 11.8. The predicted octanol–water partition coefficient (Wildman–Crippen LogP) is 3.86. The van der Waals surface area contributed by atoms with E-state index in [1.807, 2.05) is 31.2 Å². The number of nitro groups is 1. The van der Waals surface area contributed by atoms with Gasteiger partial charge in [0.1, 0.15) is 5.75 Å². The fourth-order valence-electron chi connectivity index (χ4n) is 4.00. The van der Waals surface area contributed by atoms with Crippen LogP contribution in [0.15, 0.2) is 42.5 Å². The number of para-hydroxylation sites is 1. The molecule has 0 saturated heterocycles. The number of nitrogens with one attached hydrogen (secondary N) is 1. The van der Waals surface area contributed by atoms with Gasteiger partial charge in [0.05, 0.1) is 21.8 Å². The van der Waals surface area contributed by atoms with E-state index in [0.717, 1.165) is 43.4 Å². The van der Waals surface area contributed by atoms with Gasteiger partial charge < -0.3 is 10.4 Å². The lowest BCUT2D eigenvalue weighted by Gasteiger charge is -2.37. The zero-order chi connectivity index (χ0) is 20.4. The molecule has 1 fully saturated rings. The van der Waals surface area contributed by atoms with E-state index in [0.29, 0.717) is 11.5 Å². The molecular formula is C20H22N6O3. The Morgan fingerprint density at radius 1 is 1.17 bits per heavy atom. The van der Waals surface area contributed by atoms with Gasteiger partial charge in [0.25, 0.3) is 5.69 Å². The number of aromatic nitrogens is 4. The van der Waals surface area contributed by atoms with Crippen molar-refractivity contribution in [1.29, 1.82) is 0 Å². The van der Waals surface area contributed by atoms with E-state index < -0.39 is 10.5 Å². The van der Waals surface area contributed by atoms with Crippen LogP contribution >= 0.6 is 0 Å². The number of benzene rings is 2. The van der Waals surface area contributed by atoms with Crippen LogP contribution in [0.2, 0.25) is 0 Å². The van der Waals surface area contributed by atoms with E-state index in [2.05, 4.69) is 20.8 Å². The zero-order valence-electron chi connectivity index (χ0n) is 16.1. The molecule has 1 saturated carbocycles. The molecule has 29 heavy (non-hydrogen) atoms. The van der Waals surface area contributed by atoms with Gasteiger partial charge in [-0.25, -0.2) is 0 Å². The minimum absolute atomic E-state index is 0.0459. The highest BCUT2D eigenvalue weighted by Crippen LogP contribution is 2.42. The highest BCUT2D eigenvalue weighted by atomic mass is 16.6. The van der Waals surface area contributed by atoms with Gasteiger partial charge >= 0.3 is 0 Å². The third kappa shape index (κ3) is 3.51. The summed E-state index contributed by atoms with van der Waals surface area (Å²) in [6.45, 7) is 1.99. The van der Waals surface area contributed by atoms with E-state index in [-0.39, 0.29) is 11.4 Å². The molecule has 2 N–H and O–H groups in total. The van der Waals surface area contributed by atoms with Gasteiger partial charge in [0.15, 0.2) is 5.82 Å². The van der Waals surface area contributed by atoms with E-state index in [4.69, 9.17) is 0 Å². The van der Waals surface area contributed by atoms with Crippen molar-refractivity contribution < 1.29 is 10.0 Å². The van der Waals surface area contributed by atoms with E-state index in [1.165, 1.54) is 18.2 Å². The summed E-state index contributed by atoms with van der Waals surface area (Å²) in [7, 11) is 0. The van der Waals surface area contributed by atoms with Crippen LogP contribution in [-0.2, 0) is 5.54 Å². The van der Waals surface area contributed by atoms with Crippen molar-refractivity contribution in [2.24, 2.45) is 0 Å². The molecule has 0 unspecified atom stereocenters. The van der Waals surface area contributed by atoms with Gasteiger partial charge in [-0.3, -0.25) is 10.1 Å². The summed E-state index contributed by atoms with van der Waals surface area (Å²) < 4.78 is 1.72. The molecule has 1 aliphatic rings. The number of rotatable bonds is 5. The summed E-state index contributed by atoms with van der Waals surface area (Å²) in [5.41, 5.74) is 1.49. The molecule has 1 heterocycles. The molecule has 0 spiro atoms. The molecule has 0 aliphatic heterocycles. The number of nitrogens with zero attached hydrogens (tertiary/aromatic N) is 5. The molecule has 1 aromatic heterocycles. The largest absolute Gasteiger partial charge is 0.506 e. The van der Waals surface area contributed by atoms with Crippen LogP contribution in [0, 0.1) is 17.0 Å². The van der Waals surface area contributed by atoms with E-state index in [1.54, 1.807) is 4.68 Å². The molecule has 2 aromatic carbocycles. The molecule has 9 heteroatoms. The standard InChI is InChI=1S/C20H22N6O3/c1-14-7-3-4-8-17(14)25-19(22-23-24-25)20(11-5-2-6-12-20)21-16-13-15(26(28)29)9-10-18(16)27/h3-4,7-10,13,21,27H,2,5-6,11-12H2,1H3. The Bertz CT molecular complexity index is 1040. The van der Waals surface area contributed by atoms with Gasteiger partial charge in [-0.2, -0.15) is 4.68 Å². The van der Waals surface area contributed by atoms with Gasteiger partial charge in [-0.15, -0.1) is 5.10 Å². The number of phenols is 1. The highest BCUT2D eigenvalue weighted by Gasteiger charge is 2.40.